The lowest BCUT2D eigenvalue weighted by atomic mass is 10.2. The number of aryl methyl sites for hydroxylation is 1. The number of aromatic nitrogens is 2. The molecule has 0 fully saturated rings. The normalized spacial score (nSPS) is 11.2. The highest BCUT2D eigenvalue weighted by Crippen LogP contribution is 2.19. The first-order chi connectivity index (χ1) is 10.2. The molecule has 1 aromatic carbocycles. The first-order valence-corrected chi connectivity index (χ1v) is 7.44. The Labute approximate surface area is 125 Å². The van der Waals surface area contributed by atoms with Crippen LogP contribution in [-0.4, -0.2) is 40.3 Å². The number of ether oxygens (including phenoxy) is 1. The minimum atomic E-state index is -0.175. The lowest BCUT2D eigenvalue weighted by molar-refractivity contribution is -0.144. The molecule has 2 rings (SSSR count). The Bertz CT molecular complexity index is 607. The average Bonchev–Trinajstić information content (AvgIpc) is 2.76. The van der Waals surface area contributed by atoms with E-state index in [1.165, 1.54) is 0 Å². The van der Waals surface area contributed by atoms with E-state index in [4.69, 9.17) is 4.74 Å². The van der Waals surface area contributed by atoms with Crippen molar-refractivity contribution in [3.63, 3.8) is 0 Å². The van der Waals surface area contributed by atoms with Gasteiger partial charge in [-0.2, -0.15) is 5.10 Å². The van der Waals surface area contributed by atoms with Gasteiger partial charge in [0.15, 0.2) is 0 Å². The standard InChI is InChI=1S/C16H23N3O2/c1-4-10-19(12-16(20)21-5-2)11-14-13-8-6-7-9-15(13)18(3)17-14/h6-9H,4-5,10-12H2,1-3H3. The van der Waals surface area contributed by atoms with E-state index >= 15 is 0 Å². The average molecular weight is 289 g/mol. The number of fused-ring (bicyclic) bond motifs is 1. The van der Waals surface area contributed by atoms with Crippen LogP contribution in [0.5, 0.6) is 0 Å². The lowest BCUT2D eigenvalue weighted by Gasteiger charge is -2.19. The summed E-state index contributed by atoms with van der Waals surface area (Å²) in [5.41, 5.74) is 2.12. The smallest absolute Gasteiger partial charge is 0.320 e. The number of benzene rings is 1. The van der Waals surface area contributed by atoms with Crippen LogP contribution in [0.4, 0.5) is 0 Å². The van der Waals surface area contributed by atoms with Crippen LogP contribution in [0.15, 0.2) is 24.3 Å². The van der Waals surface area contributed by atoms with E-state index in [0.29, 0.717) is 19.7 Å². The van der Waals surface area contributed by atoms with Crippen molar-refractivity contribution in [2.45, 2.75) is 26.8 Å². The molecule has 1 aromatic heterocycles. The molecule has 5 heteroatoms. The van der Waals surface area contributed by atoms with Crippen LogP contribution in [0.25, 0.3) is 10.9 Å². The molecule has 0 aliphatic carbocycles. The van der Waals surface area contributed by atoms with Crippen molar-refractivity contribution in [3.05, 3.63) is 30.0 Å². The fourth-order valence-corrected chi connectivity index (χ4v) is 2.54. The number of hydrogen-bond acceptors (Lipinski definition) is 4. The molecule has 0 aliphatic heterocycles. The number of carbonyl (C=O) groups excluding carboxylic acids is 1. The Kier molecular flexibility index (Phi) is 5.33. The van der Waals surface area contributed by atoms with Gasteiger partial charge in [-0.25, -0.2) is 0 Å². The number of nitrogens with zero attached hydrogens (tertiary/aromatic N) is 3. The third kappa shape index (κ3) is 3.82. The summed E-state index contributed by atoms with van der Waals surface area (Å²) >= 11 is 0. The van der Waals surface area contributed by atoms with Crippen molar-refractivity contribution in [2.24, 2.45) is 7.05 Å². The summed E-state index contributed by atoms with van der Waals surface area (Å²) in [6.45, 7) is 6.18. The van der Waals surface area contributed by atoms with Gasteiger partial charge in [-0.3, -0.25) is 14.4 Å². The highest BCUT2D eigenvalue weighted by molar-refractivity contribution is 5.81. The summed E-state index contributed by atoms with van der Waals surface area (Å²) in [4.78, 5) is 13.8. The van der Waals surface area contributed by atoms with E-state index in [2.05, 4.69) is 29.1 Å². The molecule has 0 atom stereocenters. The number of carbonyl (C=O) groups is 1. The Hall–Kier alpha value is -1.88. The van der Waals surface area contributed by atoms with Gasteiger partial charge in [0.25, 0.3) is 0 Å². The minimum Gasteiger partial charge on any atom is -0.465 e. The Morgan fingerprint density at radius 2 is 2.10 bits per heavy atom. The number of para-hydroxylation sites is 1. The predicted octanol–water partition coefficient (Wildman–Crippen LogP) is 2.35. The molecule has 21 heavy (non-hydrogen) atoms. The number of hydrogen-bond donors (Lipinski definition) is 0. The molecule has 0 unspecified atom stereocenters. The third-order valence-corrected chi connectivity index (χ3v) is 3.41. The van der Waals surface area contributed by atoms with Gasteiger partial charge in [0.1, 0.15) is 0 Å². The van der Waals surface area contributed by atoms with Gasteiger partial charge in [0, 0.05) is 19.0 Å². The van der Waals surface area contributed by atoms with E-state index in [1.54, 1.807) is 0 Å². The van der Waals surface area contributed by atoms with Crippen LogP contribution in [0.1, 0.15) is 26.0 Å². The molecule has 0 radical (unpaired) electrons. The van der Waals surface area contributed by atoms with Crippen molar-refractivity contribution >= 4 is 16.9 Å². The number of esters is 1. The molecule has 2 aromatic rings. The molecule has 5 nitrogen and oxygen atoms in total. The van der Waals surface area contributed by atoms with Crippen LogP contribution in [0.2, 0.25) is 0 Å². The van der Waals surface area contributed by atoms with Crippen LogP contribution in [0, 0.1) is 0 Å². The van der Waals surface area contributed by atoms with Gasteiger partial charge in [-0.05, 0) is 26.0 Å². The van der Waals surface area contributed by atoms with Gasteiger partial charge in [-0.15, -0.1) is 0 Å². The van der Waals surface area contributed by atoms with E-state index in [0.717, 1.165) is 29.6 Å². The summed E-state index contributed by atoms with van der Waals surface area (Å²) in [5.74, 6) is -0.175. The molecular weight excluding hydrogens is 266 g/mol. The molecule has 1 heterocycles. The van der Waals surface area contributed by atoms with Gasteiger partial charge in [0.05, 0.1) is 24.4 Å². The molecule has 0 bridgehead atoms. The molecule has 0 saturated heterocycles. The maximum absolute atomic E-state index is 11.7. The van der Waals surface area contributed by atoms with Gasteiger partial charge < -0.3 is 4.74 Å². The summed E-state index contributed by atoms with van der Waals surface area (Å²) in [6, 6.07) is 8.16. The molecule has 0 saturated carbocycles. The van der Waals surface area contributed by atoms with Crippen molar-refractivity contribution < 1.29 is 9.53 Å². The molecule has 0 amide bonds. The zero-order valence-electron chi connectivity index (χ0n) is 13.0. The minimum absolute atomic E-state index is 0.175. The first kappa shape index (κ1) is 15.5. The largest absolute Gasteiger partial charge is 0.465 e. The third-order valence-electron chi connectivity index (χ3n) is 3.41. The topological polar surface area (TPSA) is 47.4 Å². The lowest BCUT2D eigenvalue weighted by Crippen LogP contribution is -2.31. The van der Waals surface area contributed by atoms with Crippen LogP contribution < -0.4 is 0 Å². The van der Waals surface area contributed by atoms with Gasteiger partial charge >= 0.3 is 5.97 Å². The quantitative estimate of drug-likeness (QED) is 0.734. The second-order valence-electron chi connectivity index (χ2n) is 5.10. The fraction of sp³-hybridized carbons (Fsp3) is 0.500. The van der Waals surface area contributed by atoms with Crippen LogP contribution >= 0.6 is 0 Å². The van der Waals surface area contributed by atoms with Crippen molar-refractivity contribution in [1.29, 1.82) is 0 Å². The summed E-state index contributed by atoms with van der Waals surface area (Å²) in [5, 5.41) is 5.73. The van der Waals surface area contributed by atoms with E-state index in [-0.39, 0.29) is 5.97 Å². The zero-order chi connectivity index (χ0) is 15.2. The molecule has 0 aliphatic rings. The second-order valence-corrected chi connectivity index (χ2v) is 5.10. The first-order valence-electron chi connectivity index (χ1n) is 7.44. The Morgan fingerprint density at radius 3 is 2.81 bits per heavy atom. The van der Waals surface area contributed by atoms with Crippen LogP contribution in [0.3, 0.4) is 0 Å². The zero-order valence-corrected chi connectivity index (χ0v) is 13.0. The maximum Gasteiger partial charge on any atom is 0.320 e. The van der Waals surface area contributed by atoms with Gasteiger partial charge in [0.2, 0.25) is 0 Å². The predicted molar refractivity (Wildman–Crippen MR) is 82.9 cm³/mol. The molecular formula is C16H23N3O2. The number of rotatable bonds is 7. The summed E-state index contributed by atoms with van der Waals surface area (Å²) in [7, 11) is 1.95. The van der Waals surface area contributed by atoms with E-state index in [9.17, 15) is 4.79 Å². The molecule has 114 valence electrons. The second kappa shape index (κ2) is 7.22. The Morgan fingerprint density at radius 1 is 1.33 bits per heavy atom. The SMILES string of the molecule is CCCN(CC(=O)OCC)Cc1nn(C)c2ccccc12. The fourth-order valence-electron chi connectivity index (χ4n) is 2.54. The van der Waals surface area contributed by atoms with E-state index in [1.807, 2.05) is 30.8 Å². The molecule has 0 spiro atoms. The van der Waals surface area contributed by atoms with Crippen molar-refractivity contribution in [2.75, 3.05) is 19.7 Å². The van der Waals surface area contributed by atoms with Gasteiger partial charge in [-0.1, -0.05) is 25.1 Å². The van der Waals surface area contributed by atoms with Crippen LogP contribution in [-0.2, 0) is 23.1 Å². The Balaban J connectivity index is 2.16. The highest BCUT2D eigenvalue weighted by atomic mass is 16.5. The van der Waals surface area contributed by atoms with Crippen molar-refractivity contribution in [1.82, 2.24) is 14.7 Å². The highest BCUT2D eigenvalue weighted by Gasteiger charge is 2.15. The summed E-state index contributed by atoms with van der Waals surface area (Å²) < 4.78 is 6.93. The maximum atomic E-state index is 11.7. The van der Waals surface area contributed by atoms with E-state index < -0.39 is 0 Å². The monoisotopic (exact) mass is 289 g/mol. The summed E-state index contributed by atoms with van der Waals surface area (Å²) in [6.07, 6.45) is 0.990. The molecule has 0 N–H and O–H groups in total. The van der Waals surface area contributed by atoms with Crippen molar-refractivity contribution in [3.8, 4) is 0 Å².